The van der Waals surface area contributed by atoms with Crippen molar-refractivity contribution in [3.63, 3.8) is 0 Å². The van der Waals surface area contributed by atoms with Crippen molar-refractivity contribution in [3.05, 3.63) is 35.2 Å². The molecule has 1 aromatic heterocycles. The van der Waals surface area contributed by atoms with Gasteiger partial charge in [0.15, 0.2) is 0 Å². The quantitative estimate of drug-likeness (QED) is 0.871. The number of benzene rings is 1. The smallest absolute Gasteiger partial charge is 0.241 e. The molecule has 1 aliphatic heterocycles. The molecule has 20 heavy (non-hydrogen) atoms. The molecule has 1 atom stereocenters. The van der Waals surface area contributed by atoms with Gasteiger partial charge in [0.2, 0.25) is 11.7 Å². The summed E-state index contributed by atoms with van der Waals surface area (Å²) in [7, 11) is 0. The number of hydrogen-bond donors (Lipinski definition) is 0. The Morgan fingerprint density at radius 3 is 3.05 bits per heavy atom. The van der Waals surface area contributed by atoms with E-state index in [2.05, 4.69) is 22.0 Å². The van der Waals surface area contributed by atoms with Crippen LogP contribution in [0.15, 0.2) is 28.8 Å². The lowest BCUT2D eigenvalue weighted by Gasteiger charge is -2.29. The average Bonchev–Trinajstić information content (AvgIpc) is 2.87. The molecule has 0 spiro atoms. The van der Waals surface area contributed by atoms with Gasteiger partial charge in [0, 0.05) is 18.7 Å². The number of aromatic nitrogens is 2. The van der Waals surface area contributed by atoms with Crippen LogP contribution in [-0.2, 0) is 11.3 Å². The molecule has 5 nitrogen and oxygen atoms in total. The van der Waals surface area contributed by atoms with Gasteiger partial charge < -0.3 is 9.26 Å². The summed E-state index contributed by atoms with van der Waals surface area (Å²) < 4.78 is 10.8. The second kappa shape index (κ2) is 5.91. The molecule has 0 N–H and O–H groups in total. The van der Waals surface area contributed by atoms with Gasteiger partial charge in [-0.1, -0.05) is 28.9 Å². The van der Waals surface area contributed by atoms with Crippen molar-refractivity contribution in [2.45, 2.75) is 19.6 Å². The molecule has 0 unspecified atom stereocenters. The van der Waals surface area contributed by atoms with Gasteiger partial charge in [-0.25, -0.2) is 0 Å². The van der Waals surface area contributed by atoms with Gasteiger partial charge in [-0.15, -0.1) is 0 Å². The maximum Gasteiger partial charge on any atom is 0.241 e. The third-order valence-electron chi connectivity index (χ3n) is 3.27. The normalized spacial score (nSPS) is 20.2. The summed E-state index contributed by atoms with van der Waals surface area (Å²) in [5.41, 5.74) is 0.791. The summed E-state index contributed by atoms with van der Waals surface area (Å²) in [5.74, 6) is 1.14. The molecule has 1 fully saturated rings. The van der Waals surface area contributed by atoms with Crippen LogP contribution in [-0.4, -0.2) is 40.8 Å². The highest BCUT2D eigenvalue weighted by atomic mass is 35.5. The number of halogens is 1. The Kier molecular flexibility index (Phi) is 4.00. The number of hydrogen-bond acceptors (Lipinski definition) is 5. The van der Waals surface area contributed by atoms with E-state index < -0.39 is 0 Å². The summed E-state index contributed by atoms with van der Waals surface area (Å²) in [4.78, 5) is 6.66. The molecule has 3 rings (SSSR count). The number of morpholine rings is 1. The Bertz CT molecular complexity index is 587. The Morgan fingerprint density at radius 1 is 1.40 bits per heavy atom. The van der Waals surface area contributed by atoms with Gasteiger partial charge in [0.1, 0.15) is 0 Å². The van der Waals surface area contributed by atoms with E-state index in [1.165, 1.54) is 0 Å². The SMILES string of the molecule is C[C@@H]1CN(Cc2nc(-c3ccccc3Cl)no2)CCO1. The molecule has 6 heteroatoms. The maximum atomic E-state index is 6.13. The first-order chi connectivity index (χ1) is 9.72. The van der Waals surface area contributed by atoms with Crippen LogP contribution in [0.4, 0.5) is 0 Å². The highest BCUT2D eigenvalue weighted by molar-refractivity contribution is 6.33. The molecular weight excluding hydrogens is 278 g/mol. The maximum absolute atomic E-state index is 6.13. The fraction of sp³-hybridized carbons (Fsp3) is 0.429. The van der Waals surface area contributed by atoms with E-state index in [0.717, 1.165) is 25.3 Å². The van der Waals surface area contributed by atoms with E-state index in [1.54, 1.807) is 0 Å². The molecule has 0 saturated carbocycles. The van der Waals surface area contributed by atoms with Crippen molar-refractivity contribution in [1.29, 1.82) is 0 Å². The van der Waals surface area contributed by atoms with Crippen LogP contribution in [0.3, 0.4) is 0 Å². The van der Waals surface area contributed by atoms with Crippen molar-refractivity contribution in [3.8, 4) is 11.4 Å². The van der Waals surface area contributed by atoms with Gasteiger partial charge in [0.25, 0.3) is 0 Å². The third kappa shape index (κ3) is 3.00. The Labute approximate surface area is 122 Å². The summed E-state index contributed by atoms with van der Waals surface area (Å²) >= 11 is 6.13. The molecule has 0 amide bonds. The van der Waals surface area contributed by atoms with E-state index in [1.807, 2.05) is 24.3 Å². The van der Waals surface area contributed by atoms with Gasteiger partial charge >= 0.3 is 0 Å². The summed E-state index contributed by atoms with van der Waals surface area (Å²) in [5, 5.41) is 4.63. The Hall–Kier alpha value is -1.43. The fourth-order valence-corrected chi connectivity index (χ4v) is 2.52. The summed E-state index contributed by atoms with van der Waals surface area (Å²) in [6.45, 7) is 5.21. The lowest BCUT2D eigenvalue weighted by molar-refractivity contribution is -0.0240. The largest absolute Gasteiger partial charge is 0.376 e. The predicted octanol–water partition coefficient (Wildman–Crippen LogP) is 2.61. The lowest BCUT2D eigenvalue weighted by atomic mass is 10.2. The fourth-order valence-electron chi connectivity index (χ4n) is 2.30. The van der Waals surface area contributed by atoms with Gasteiger partial charge in [-0.05, 0) is 19.1 Å². The Morgan fingerprint density at radius 2 is 2.25 bits per heavy atom. The minimum atomic E-state index is 0.245. The zero-order valence-electron chi connectivity index (χ0n) is 11.3. The molecule has 0 aliphatic carbocycles. The molecule has 1 aromatic carbocycles. The molecule has 2 heterocycles. The highest BCUT2D eigenvalue weighted by Gasteiger charge is 2.19. The molecular formula is C14H16ClN3O2. The molecule has 1 saturated heterocycles. The standard InChI is InChI=1S/C14H16ClN3O2/c1-10-8-18(6-7-19-10)9-13-16-14(17-20-13)11-4-2-3-5-12(11)15/h2-5,10H,6-9H2,1H3/t10-/m1/s1. The minimum absolute atomic E-state index is 0.245. The van der Waals surface area contributed by atoms with Crippen molar-refractivity contribution >= 4 is 11.6 Å². The van der Waals surface area contributed by atoms with Crippen LogP contribution in [0.2, 0.25) is 5.02 Å². The van der Waals surface area contributed by atoms with Gasteiger partial charge in [-0.2, -0.15) is 4.98 Å². The lowest BCUT2D eigenvalue weighted by Crippen LogP contribution is -2.40. The minimum Gasteiger partial charge on any atom is -0.376 e. The van der Waals surface area contributed by atoms with Crippen LogP contribution < -0.4 is 0 Å². The predicted molar refractivity (Wildman–Crippen MR) is 75.4 cm³/mol. The number of rotatable bonds is 3. The zero-order valence-corrected chi connectivity index (χ0v) is 12.0. The van der Waals surface area contributed by atoms with Crippen LogP contribution in [0.1, 0.15) is 12.8 Å². The molecule has 2 aromatic rings. The number of nitrogens with zero attached hydrogens (tertiary/aromatic N) is 3. The number of ether oxygens (including phenoxy) is 1. The Balaban J connectivity index is 1.72. The molecule has 1 aliphatic rings. The third-order valence-corrected chi connectivity index (χ3v) is 3.60. The van der Waals surface area contributed by atoms with Crippen molar-refractivity contribution in [2.75, 3.05) is 19.7 Å². The van der Waals surface area contributed by atoms with Crippen LogP contribution in [0, 0.1) is 0 Å². The van der Waals surface area contributed by atoms with Crippen LogP contribution >= 0.6 is 11.6 Å². The second-order valence-electron chi connectivity index (χ2n) is 4.91. The molecule has 0 bridgehead atoms. The van der Waals surface area contributed by atoms with Crippen molar-refractivity contribution in [1.82, 2.24) is 15.0 Å². The molecule has 0 radical (unpaired) electrons. The van der Waals surface area contributed by atoms with E-state index in [9.17, 15) is 0 Å². The van der Waals surface area contributed by atoms with Gasteiger partial charge in [-0.3, -0.25) is 4.90 Å². The highest BCUT2D eigenvalue weighted by Crippen LogP contribution is 2.25. The monoisotopic (exact) mass is 293 g/mol. The van der Waals surface area contributed by atoms with E-state index in [0.29, 0.717) is 23.3 Å². The first-order valence-corrected chi connectivity index (χ1v) is 7.01. The first-order valence-electron chi connectivity index (χ1n) is 6.64. The average molecular weight is 294 g/mol. The topological polar surface area (TPSA) is 51.4 Å². The second-order valence-corrected chi connectivity index (χ2v) is 5.32. The summed E-state index contributed by atoms with van der Waals surface area (Å²) in [6, 6.07) is 7.48. The van der Waals surface area contributed by atoms with Crippen molar-refractivity contribution < 1.29 is 9.26 Å². The summed E-state index contributed by atoms with van der Waals surface area (Å²) in [6.07, 6.45) is 0.245. The van der Waals surface area contributed by atoms with Crippen LogP contribution in [0.25, 0.3) is 11.4 Å². The van der Waals surface area contributed by atoms with E-state index >= 15 is 0 Å². The van der Waals surface area contributed by atoms with Crippen LogP contribution in [0.5, 0.6) is 0 Å². The first kappa shape index (κ1) is 13.5. The van der Waals surface area contributed by atoms with E-state index in [-0.39, 0.29) is 6.10 Å². The van der Waals surface area contributed by atoms with Gasteiger partial charge in [0.05, 0.1) is 24.3 Å². The van der Waals surface area contributed by atoms with Crippen molar-refractivity contribution in [2.24, 2.45) is 0 Å². The zero-order chi connectivity index (χ0) is 13.9. The molecule has 106 valence electrons. The van der Waals surface area contributed by atoms with E-state index in [4.69, 9.17) is 20.9 Å².